The molecule has 1 saturated heterocycles. The Morgan fingerprint density at radius 1 is 0.909 bits per heavy atom. The predicted molar refractivity (Wildman–Crippen MR) is 120 cm³/mol. The van der Waals surface area contributed by atoms with Crippen molar-refractivity contribution in [2.75, 3.05) is 13.2 Å². The standard InChI is InChI=1S/C26H21NO6/c28-19-9-6-17(7-10-19)23-22(24(29)18-8-11-20-21(14-18)33-13-12-32-20)25(30)26(31)27(23)15-16-4-2-1-3-5-16/h1-11,14,23,28-29H,12-13,15H2/b24-22-. The Kier molecular flexibility index (Phi) is 5.22. The van der Waals surface area contributed by atoms with E-state index in [2.05, 4.69) is 0 Å². The van der Waals surface area contributed by atoms with Crippen LogP contribution in [0.15, 0.2) is 78.4 Å². The molecule has 0 bridgehead atoms. The molecule has 1 fully saturated rings. The molecule has 0 radical (unpaired) electrons. The van der Waals surface area contributed by atoms with Crippen LogP contribution in [0.1, 0.15) is 22.7 Å². The van der Waals surface area contributed by atoms with Crippen LogP contribution < -0.4 is 9.47 Å². The SMILES string of the molecule is O=C1C(=O)N(Cc2ccccc2)C(c2ccc(O)cc2)/C1=C(/O)c1ccc2c(c1)OCCO2. The van der Waals surface area contributed by atoms with Gasteiger partial charge in [-0.15, -0.1) is 0 Å². The number of carbonyl (C=O) groups is 2. The van der Waals surface area contributed by atoms with Gasteiger partial charge >= 0.3 is 0 Å². The van der Waals surface area contributed by atoms with Crippen LogP contribution in [0.3, 0.4) is 0 Å². The van der Waals surface area contributed by atoms with Crippen LogP contribution in [0.5, 0.6) is 17.2 Å². The maximum Gasteiger partial charge on any atom is 0.295 e. The Hall–Kier alpha value is -4.26. The summed E-state index contributed by atoms with van der Waals surface area (Å²) in [6.07, 6.45) is 0. The number of ether oxygens (including phenoxy) is 2. The quantitative estimate of drug-likeness (QED) is 0.362. The topological polar surface area (TPSA) is 96.3 Å². The van der Waals surface area contributed by atoms with Crippen LogP contribution in [0.2, 0.25) is 0 Å². The molecule has 0 aromatic heterocycles. The van der Waals surface area contributed by atoms with E-state index in [0.717, 1.165) is 5.56 Å². The van der Waals surface area contributed by atoms with Crippen molar-refractivity contribution in [3.63, 3.8) is 0 Å². The number of hydrogen-bond donors (Lipinski definition) is 2. The predicted octanol–water partition coefficient (Wildman–Crippen LogP) is 3.79. The Balaban J connectivity index is 1.63. The first kappa shape index (κ1) is 20.6. The average molecular weight is 443 g/mol. The van der Waals surface area contributed by atoms with Gasteiger partial charge < -0.3 is 24.6 Å². The lowest BCUT2D eigenvalue weighted by Gasteiger charge is -2.25. The summed E-state index contributed by atoms with van der Waals surface area (Å²) >= 11 is 0. The molecule has 0 saturated carbocycles. The summed E-state index contributed by atoms with van der Waals surface area (Å²) < 4.78 is 11.1. The van der Waals surface area contributed by atoms with Crippen LogP contribution >= 0.6 is 0 Å². The van der Waals surface area contributed by atoms with Gasteiger partial charge in [-0.1, -0.05) is 42.5 Å². The average Bonchev–Trinajstić information content (AvgIpc) is 3.09. The Morgan fingerprint density at radius 3 is 2.33 bits per heavy atom. The molecule has 3 aromatic rings. The van der Waals surface area contributed by atoms with Gasteiger partial charge in [0.1, 0.15) is 24.7 Å². The third kappa shape index (κ3) is 3.78. The first-order valence-corrected chi connectivity index (χ1v) is 10.5. The molecule has 7 heteroatoms. The van der Waals surface area contributed by atoms with E-state index in [1.165, 1.54) is 17.0 Å². The van der Waals surface area contributed by atoms with Gasteiger partial charge in [0, 0.05) is 12.1 Å². The Labute approximate surface area is 190 Å². The van der Waals surface area contributed by atoms with Crippen molar-refractivity contribution in [2.24, 2.45) is 0 Å². The minimum Gasteiger partial charge on any atom is -0.508 e. The number of nitrogens with zero attached hydrogens (tertiary/aromatic N) is 1. The van der Waals surface area contributed by atoms with Crippen LogP contribution in [0.4, 0.5) is 0 Å². The molecule has 0 spiro atoms. The second-order valence-electron chi connectivity index (χ2n) is 7.86. The van der Waals surface area contributed by atoms with Crippen molar-refractivity contribution in [3.05, 3.63) is 95.1 Å². The number of Topliss-reactive ketones (excluding diaryl/α,β-unsaturated/α-hetero) is 1. The van der Waals surface area contributed by atoms with E-state index >= 15 is 0 Å². The van der Waals surface area contributed by atoms with Gasteiger partial charge in [-0.3, -0.25) is 9.59 Å². The number of ketones is 1. The van der Waals surface area contributed by atoms with Crippen molar-refractivity contribution in [1.82, 2.24) is 4.90 Å². The minimum atomic E-state index is -0.820. The zero-order chi connectivity index (χ0) is 22.9. The number of hydrogen-bond acceptors (Lipinski definition) is 6. The van der Waals surface area contributed by atoms with E-state index in [0.29, 0.717) is 35.8 Å². The van der Waals surface area contributed by atoms with Crippen LogP contribution in [-0.2, 0) is 16.1 Å². The van der Waals surface area contributed by atoms with Gasteiger partial charge in [-0.05, 0) is 41.5 Å². The van der Waals surface area contributed by atoms with Crippen molar-refractivity contribution in [2.45, 2.75) is 12.6 Å². The number of phenolic OH excluding ortho intramolecular Hbond substituents is 1. The molecule has 1 amide bonds. The van der Waals surface area contributed by atoms with E-state index in [1.807, 2.05) is 30.3 Å². The van der Waals surface area contributed by atoms with E-state index in [4.69, 9.17) is 9.47 Å². The molecule has 166 valence electrons. The summed E-state index contributed by atoms with van der Waals surface area (Å²) in [6, 6.07) is 19.7. The summed E-state index contributed by atoms with van der Waals surface area (Å²) in [5.41, 5.74) is 1.78. The maximum absolute atomic E-state index is 13.1. The molecule has 0 aliphatic carbocycles. The monoisotopic (exact) mass is 443 g/mol. The molecule has 2 aliphatic rings. The molecular formula is C26H21NO6. The van der Waals surface area contributed by atoms with Gasteiger partial charge in [-0.25, -0.2) is 0 Å². The largest absolute Gasteiger partial charge is 0.508 e. The number of carbonyl (C=O) groups excluding carboxylic acids is 2. The lowest BCUT2D eigenvalue weighted by Crippen LogP contribution is -2.29. The van der Waals surface area contributed by atoms with Gasteiger partial charge in [0.15, 0.2) is 11.5 Å². The van der Waals surface area contributed by atoms with Crippen LogP contribution in [0, 0.1) is 0 Å². The number of amides is 1. The van der Waals surface area contributed by atoms with Gasteiger partial charge in [-0.2, -0.15) is 0 Å². The fraction of sp³-hybridized carbons (Fsp3) is 0.154. The second kappa shape index (κ2) is 8.35. The number of aliphatic hydroxyl groups is 1. The van der Waals surface area contributed by atoms with Crippen molar-refractivity contribution < 1.29 is 29.3 Å². The third-order valence-corrected chi connectivity index (χ3v) is 5.76. The fourth-order valence-electron chi connectivity index (χ4n) is 4.17. The lowest BCUT2D eigenvalue weighted by atomic mass is 9.95. The smallest absolute Gasteiger partial charge is 0.295 e. The molecule has 33 heavy (non-hydrogen) atoms. The van der Waals surface area contributed by atoms with Crippen molar-refractivity contribution in [3.8, 4) is 17.2 Å². The normalized spacial score (nSPS) is 19.0. The fourth-order valence-corrected chi connectivity index (χ4v) is 4.17. The number of aromatic hydroxyl groups is 1. The number of benzene rings is 3. The number of phenols is 1. The molecule has 1 atom stereocenters. The first-order valence-electron chi connectivity index (χ1n) is 10.5. The van der Waals surface area contributed by atoms with E-state index in [-0.39, 0.29) is 23.6 Å². The highest BCUT2D eigenvalue weighted by atomic mass is 16.6. The lowest BCUT2D eigenvalue weighted by molar-refractivity contribution is -0.140. The molecule has 1 unspecified atom stereocenters. The first-order chi connectivity index (χ1) is 16.0. The number of aliphatic hydroxyl groups excluding tert-OH is 1. The third-order valence-electron chi connectivity index (χ3n) is 5.76. The maximum atomic E-state index is 13.1. The highest BCUT2D eigenvalue weighted by Gasteiger charge is 2.46. The zero-order valence-corrected chi connectivity index (χ0v) is 17.6. The number of rotatable bonds is 4. The highest BCUT2D eigenvalue weighted by molar-refractivity contribution is 6.46. The molecule has 7 nitrogen and oxygen atoms in total. The van der Waals surface area contributed by atoms with Crippen molar-refractivity contribution in [1.29, 1.82) is 0 Å². The van der Waals surface area contributed by atoms with Crippen LogP contribution in [-0.4, -0.2) is 40.0 Å². The van der Waals surface area contributed by atoms with E-state index in [1.54, 1.807) is 30.3 Å². The van der Waals surface area contributed by atoms with Crippen LogP contribution in [0.25, 0.3) is 5.76 Å². The highest BCUT2D eigenvalue weighted by Crippen LogP contribution is 2.42. The Bertz CT molecular complexity index is 1250. The molecule has 2 aliphatic heterocycles. The number of fused-ring (bicyclic) bond motifs is 1. The van der Waals surface area contributed by atoms with E-state index in [9.17, 15) is 19.8 Å². The zero-order valence-electron chi connectivity index (χ0n) is 17.6. The van der Waals surface area contributed by atoms with Crippen molar-refractivity contribution >= 4 is 17.4 Å². The molecule has 2 N–H and O–H groups in total. The summed E-state index contributed by atoms with van der Waals surface area (Å²) in [5, 5.41) is 20.9. The molecule has 5 rings (SSSR count). The Morgan fingerprint density at radius 2 is 1.61 bits per heavy atom. The molecular weight excluding hydrogens is 422 g/mol. The second-order valence-corrected chi connectivity index (χ2v) is 7.86. The summed E-state index contributed by atoms with van der Waals surface area (Å²) in [6.45, 7) is 1.00. The van der Waals surface area contributed by atoms with E-state index < -0.39 is 17.7 Å². The molecule has 2 heterocycles. The number of likely N-dealkylation sites (tertiary alicyclic amines) is 1. The summed E-state index contributed by atoms with van der Waals surface area (Å²) in [4.78, 5) is 27.7. The van der Waals surface area contributed by atoms with Gasteiger partial charge in [0.25, 0.3) is 11.7 Å². The van der Waals surface area contributed by atoms with Gasteiger partial charge in [0.05, 0.1) is 11.6 Å². The summed E-state index contributed by atoms with van der Waals surface area (Å²) in [5.74, 6) is -0.681. The summed E-state index contributed by atoms with van der Waals surface area (Å²) in [7, 11) is 0. The van der Waals surface area contributed by atoms with Gasteiger partial charge in [0.2, 0.25) is 0 Å². The minimum absolute atomic E-state index is 0.0155. The molecule has 3 aromatic carbocycles.